The molecule has 0 amide bonds. The molecule has 0 aliphatic heterocycles. The van der Waals surface area contributed by atoms with Gasteiger partial charge in [0.2, 0.25) is 0 Å². The van der Waals surface area contributed by atoms with Gasteiger partial charge in [0.05, 0.1) is 18.8 Å². The van der Waals surface area contributed by atoms with Crippen LogP contribution in [-0.4, -0.2) is 30.4 Å². The topological polar surface area (TPSA) is 44.8 Å². The van der Waals surface area contributed by atoms with Crippen molar-refractivity contribution in [1.29, 1.82) is 0 Å². The van der Waals surface area contributed by atoms with Crippen molar-refractivity contribution in [1.82, 2.24) is 0 Å². The van der Waals surface area contributed by atoms with Gasteiger partial charge < -0.3 is 14.2 Å². The first kappa shape index (κ1) is 29.6. The van der Waals surface area contributed by atoms with Crippen LogP contribution in [0.3, 0.4) is 0 Å². The summed E-state index contributed by atoms with van der Waals surface area (Å²) >= 11 is 0. The van der Waals surface area contributed by atoms with E-state index in [-0.39, 0.29) is 11.6 Å². The zero-order valence-electron chi connectivity index (χ0n) is 23.6. The lowest BCUT2D eigenvalue weighted by Gasteiger charge is -2.31. The molecule has 36 heavy (non-hydrogen) atoms. The third-order valence-corrected chi connectivity index (χ3v) is 6.72. The average Bonchev–Trinajstić information content (AvgIpc) is 2.79. The molecular weight excluding hydrogens is 448 g/mol. The van der Waals surface area contributed by atoms with Gasteiger partial charge in [0.25, 0.3) is 0 Å². The van der Waals surface area contributed by atoms with Crippen molar-refractivity contribution in [2.45, 2.75) is 91.3 Å². The monoisotopic (exact) mass is 494 g/mol. The maximum absolute atomic E-state index is 11.6. The number of benzene rings is 2. The molecule has 4 heteroatoms. The second-order valence-electron chi connectivity index (χ2n) is 11.4. The fourth-order valence-electron chi connectivity index (χ4n) is 4.50. The number of hydrogen-bond donors (Lipinski definition) is 0. The van der Waals surface area contributed by atoms with Gasteiger partial charge in [-0.3, -0.25) is 0 Å². The van der Waals surface area contributed by atoms with E-state index in [1.54, 1.807) is 6.92 Å². The van der Waals surface area contributed by atoms with Crippen molar-refractivity contribution >= 4 is 5.97 Å². The maximum Gasteiger partial charge on any atom is 0.333 e. The lowest BCUT2D eigenvalue weighted by molar-refractivity contribution is -0.141. The molecule has 0 saturated heterocycles. The maximum atomic E-state index is 11.6. The molecule has 2 rings (SSSR count). The standard InChI is InChI=1S/C32H46O4/c1-23(2)29(27-13-11-10-12-14-27)25(5)26-15-17-28(18-16-26)36-32(8,9)20-22-35-31(6,7)19-21-34-30(33)24(3)4/h10-18,23,25,29H,3,19-22H2,1-2,4-9H3. The third-order valence-electron chi connectivity index (χ3n) is 6.72. The van der Waals surface area contributed by atoms with Crippen molar-refractivity contribution < 1.29 is 19.0 Å². The van der Waals surface area contributed by atoms with E-state index >= 15 is 0 Å². The lowest BCUT2D eigenvalue weighted by Crippen LogP contribution is -2.33. The molecule has 2 atom stereocenters. The number of rotatable bonds is 14. The van der Waals surface area contributed by atoms with Crippen molar-refractivity contribution in [3.05, 3.63) is 77.9 Å². The molecular formula is C32H46O4. The summed E-state index contributed by atoms with van der Waals surface area (Å²) in [4.78, 5) is 11.6. The Morgan fingerprint density at radius 3 is 1.97 bits per heavy atom. The molecule has 0 aromatic heterocycles. The Kier molecular flexibility index (Phi) is 10.8. The van der Waals surface area contributed by atoms with Crippen LogP contribution in [0.25, 0.3) is 0 Å². The van der Waals surface area contributed by atoms with E-state index in [0.29, 0.717) is 43.0 Å². The van der Waals surface area contributed by atoms with Crippen LogP contribution >= 0.6 is 0 Å². The second kappa shape index (κ2) is 13.1. The van der Waals surface area contributed by atoms with Gasteiger partial charge in [-0.2, -0.15) is 0 Å². The smallest absolute Gasteiger partial charge is 0.333 e. The molecule has 0 fully saturated rings. The van der Waals surface area contributed by atoms with E-state index in [9.17, 15) is 4.79 Å². The van der Waals surface area contributed by atoms with E-state index in [1.165, 1.54) is 11.1 Å². The highest BCUT2D eigenvalue weighted by Crippen LogP contribution is 2.38. The largest absolute Gasteiger partial charge is 0.488 e. The second-order valence-corrected chi connectivity index (χ2v) is 11.4. The highest BCUT2D eigenvalue weighted by molar-refractivity contribution is 5.86. The zero-order valence-corrected chi connectivity index (χ0v) is 23.6. The number of carbonyl (C=O) groups is 1. The molecule has 2 aromatic rings. The van der Waals surface area contributed by atoms with Crippen molar-refractivity contribution in [3.63, 3.8) is 0 Å². The van der Waals surface area contributed by atoms with Crippen molar-refractivity contribution in [2.75, 3.05) is 13.2 Å². The normalized spacial score (nSPS) is 13.8. The predicted octanol–water partition coefficient (Wildman–Crippen LogP) is 8.08. The minimum absolute atomic E-state index is 0.311. The van der Waals surface area contributed by atoms with Crippen molar-refractivity contribution in [2.24, 2.45) is 5.92 Å². The van der Waals surface area contributed by atoms with E-state index in [4.69, 9.17) is 14.2 Å². The summed E-state index contributed by atoms with van der Waals surface area (Å²) in [5, 5.41) is 0. The molecule has 0 aliphatic rings. The summed E-state index contributed by atoms with van der Waals surface area (Å²) in [7, 11) is 0. The molecule has 0 saturated carbocycles. The first-order chi connectivity index (χ1) is 16.8. The van der Waals surface area contributed by atoms with Crippen LogP contribution < -0.4 is 4.74 Å². The van der Waals surface area contributed by atoms with E-state index in [0.717, 1.165) is 12.2 Å². The van der Waals surface area contributed by atoms with Crippen LogP contribution in [-0.2, 0) is 14.3 Å². The highest BCUT2D eigenvalue weighted by Gasteiger charge is 2.26. The van der Waals surface area contributed by atoms with Gasteiger partial charge in [-0.1, -0.05) is 69.8 Å². The molecule has 2 aromatic carbocycles. The third kappa shape index (κ3) is 9.46. The molecule has 0 bridgehead atoms. The molecule has 0 spiro atoms. The molecule has 2 unspecified atom stereocenters. The van der Waals surface area contributed by atoms with Gasteiger partial charge in [0, 0.05) is 18.4 Å². The molecule has 0 aliphatic carbocycles. The molecule has 0 N–H and O–H groups in total. The van der Waals surface area contributed by atoms with Gasteiger partial charge in [-0.05, 0) is 75.6 Å². The Hall–Kier alpha value is -2.59. The SMILES string of the molecule is C=C(C)C(=O)OCCC(C)(C)OCCC(C)(C)Oc1ccc(C(C)C(c2ccccc2)C(C)C)cc1. The minimum Gasteiger partial charge on any atom is -0.488 e. The van der Waals surface area contributed by atoms with Crippen LogP contribution in [0.15, 0.2) is 66.7 Å². The number of esters is 1. The van der Waals surface area contributed by atoms with Gasteiger partial charge in [0.1, 0.15) is 11.4 Å². The molecule has 0 heterocycles. The van der Waals surface area contributed by atoms with Gasteiger partial charge in [-0.25, -0.2) is 4.79 Å². The molecule has 0 radical (unpaired) electrons. The van der Waals surface area contributed by atoms with Gasteiger partial charge in [0.15, 0.2) is 0 Å². The lowest BCUT2D eigenvalue weighted by atomic mass is 9.76. The fourth-order valence-corrected chi connectivity index (χ4v) is 4.50. The van der Waals surface area contributed by atoms with Gasteiger partial charge >= 0.3 is 5.97 Å². The van der Waals surface area contributed by atoms with Crippen LogP contribution in [0.5, 0.6) is 5.75 Å². The summed E-state index contributed by atoms with van der Waals surface area (Å²) in [6.45, 7) is 21.2. The van der Waals surface area contributed by atoms with Crippen LogP contribution in [0.2, 0.25) is 0 Å². The fraction of sp³-hybridized carbons (Fsp3) is 0.531. The minimum atomic E-state index is -0.394. The van der Waals surface area contributed by atoms with Crippen molar-refractivity contribution in [3.8, 4) is 5.75 Å². The zero-order chi connectivity index (χ0) is 26.9. The number of carbonyl (C=O) groups excluding carboxylic acids is 1. The first-order valence-corrected chi connectivity index (χ1v) is 13.1. The summed E-state index contributed by atoms with van der Waals surface area (Å²) in [5.74, 6) is 1.90. The van der Waals surface area contributed by atoms with E-state index < -0.39 is 5.60 Å². The summed E-state index contributed by atoms with van der Waals surface area (Å²) in [6.07, 6.45) is 1.36. The molecule has 4 nitrogen and oxygen atoms in total. The van der Waals surface area contributed by atoms with Crippen LogP contribution in [0.1, 0.15) is 91.2 Å². The van der Waals surface area contributed by atoms with Crippen LogP contribution in [0, 0.1) is 5.92 Å². The quantitative estimate of drug-likeness (QED) is 0.197. The Bertz CT molecular complexity index is 957. The average molecular weight is 495 g/mol. The summed E-state index contributed by atoms with van der Waals surface area (Å²) < 4.78 is 17.6. The van der Waals surface area contributed by atoms with Gasteiger partial charge in [-0.15, -0.1) is 0 Å². The number of ether oxygens (including phenoxy) is 3. The first-order valence-electron chi connectivity index (χ1n) is 13.1. The summed E-state index contributed by atoms with van der Waals surface area (Å²) in [6, 6.07) is 19.3. The highest BCUT2D eigenvalue weighted by atomic mass is 16.5. The summed E-state index contributed by atoms with van der Waals surface area (Å²) in [5.41, 5.74) is 2.35. The van der Waals surface area contributed by atoms with E-state index in [1.807, 2.05) is 13.8 Å². The Morgan fingerprint density at radius 1 is 0.833 bits per heavy atom. The van der Waals surface area contributed by atoms with Crippen LogP contribution in [0.4, 0.5) is 0 Å². The Labute approximate surface area is 219 Å². The molecule has 198 valence electrons. The van der Waals surface area contributed by atoms with E-state index in [2.05, 4.69) is 95.8 Å². The Morgan fingerprint density at radius 2 is 1.42 bits per heavy atom. The number of hydrogen-bond acceptors (Lipinski definition) is 4. The predicted molar refractivity (Wildman–Crippen MR) is 149 cm³/mol. The Balaban J connectivity index is 1.90.